The molecule has 0 aliphatic carbocycles. The van der Waals surface area contributed by atoms with Gasteiger partial charge in [-0.15, -0.1) is 0 Å². The van der Waals surface area contributed by atoms with Gasteiger partial charge in [-0.2, -0.15) is 0 Å². The van der Waals surface area contributed by atoms with Gasteiger partial charge in [0.15, 0.2) is 0 Å². The number of methoxy groups -OCH3 is 1. The molecule has 2 rings (SSSR count). The van der Waals surface area contributed by atoms with E-state index in [0.29, 0.717) is 38.0 Å². The minimum absolute atomic E-state index is 0.0203. The number of hydrogen-bond donors (Lipinski definition) is 2. The largest absolute Gasteiger partial charge is 0.497 e. The summed E-state index contributed by atoms with van der Waals surface area (Å²) in [6.45, 7) is 1.85. The van der Waals surface area contributed by atoms with Gasteiger partial charge in [0.1, 0.15) is 11.6 Å². The van der Waals surface area contributed by atoms with Crippen LogP contribution in [0.4, 0.5) is 4.39 Å². The third kappa shape index (κ3) is 6.93. The van der Waals surface area contributed by atoms with Gasteiger partial charge in [0.25, 0.3) is 0 Å². The van der Waals surface area contributed by atoms with Crippen LogP contribution in [0.25, 0.3) is 0 Å². The number of halogens is 1. The molecule has 0 heterocycles. The molecule has 0 radical (unpaired) electrons. The number of rotatable bonds is 10. The minimum atomic E-state index is -0.180. The van der Waals surface area contributed by atoms with Gasteiger partial charge in [-0.3, -0.25) is 4.79 Å². The number of ether oxygens (including phenoxy) is 1. The summed E-state index contributed by atoms with van der Waals surface area (Å²) >= 11 is 0. The van der Waals surface area contributed by atoms with Crippen molar-refractivity contribution in [1.29, 1.82) is 0 Å². The SMILES string of the molecule is COc1ccc(CCNC(=O)CCNCCc2ccccc2F)cc1. The van der Waals surface area contributed by atoms with Gasteiger partial charge in [0.05, 0.1) is 7.11 Å². The summed E-state index contributed by atoms with van der Waals surface area (Å²) in [5, 5.41) is 6.08. The van der Waals surface area contributed by atoms with Gasteiger partial charge in [-0.05, 0) is 48.7 Å². The van der Waals surface area contributed by atoms with E-state index in [1.165, 1.54) is 6.07 Å². The van der Waals surface area contributed by atoms with Crippen molar-refractivity contribution in [2.75, 3.05) is 26.7 Å². The van der Waals surface area contributed by atoms with Gasteiger partial charge < -0.3 is 15.4 Å². The number of amides is 1. The molecular weight excluding hydrogens is 319 g/mol. The van der Waals surface area contributed by atoms with Crippen molar-refractivity contribution in [2.24, 2.45) is 0 Å². The van der Waals surface area contributed by atoms with Crippen LogP contribution in [-0.4, -0.2) is 32.7 Å². The highest BCUT2D eigenvalue weighted by molar-refractivity contribution is 5.76. The van der Waals surface area contributed by atoms with E-state index >= 15 is 0 Å². The van der Waals surface area contributed by atoms with E-state index in [1.807, 2.05) is 30.3 Å². The predicted molar refractivity (Wildman–Crippen MR) is 97.3 cm³/mol. The van der Waals surface area contributed by atoms with Gasteiger partial charge >= 0.3 is 0 Å². The van der Waals surface area contributed by atoms with Crippen molar-refractivity contribution in [3.8, 4) is 5.75 Å². The molecule has 0 unspecified atom stereocenters. The standard InChI is InChI=1S/C20H25FN2O2/c1-25-18-8-6-16(7-9-18)10-15-23-20(24)12-14-22-13-11-17-4-2-3-5-19(17)21/h2-9,22H,10-15H2,1H3,(H,23,24). The Labute approximate surface area is 148 Å². The molecule has 25 heavy (non-hydrogen) atoms. The molecule has 0 aliphatic rings. The molecule has 0 aliphatic heterocycles. The molecule has 0 aromatic heterocycles. The maximum atomic E-state index is 13.4. The van der Waals surface area contributed by atoms with E-state index in [9.17, 15) is 9.18 Å². The minimum Gasteiger partial charge on any atom is -0.497 e. The fraction of sp³-hybridized carbons (Fsp3) is 0.350. The summed E-state index contributed by atoms with van der Waals surface area (Å²) in [4.78, 5) is 11.8. The van der Waals surface area contributed by atoms with Gasteiger partial charge in [-0.25, -0.2) is 4.39 Å². The second kappa shape index (κ2) is 10.5. The van der Waals surface area contributed by atoms with E-state index in [4.69, 9.17) is 4.74 Å². The van der Waals surface area contributed by atoms with Crippen molar-refractivity contribution in [3.63, 3.8) is 0 Å². The van der Waals surface area contributed by atoms with E-state index in [-0.39, 0.29) is 11.7 Å². The zero-order valence-corrected chi connectivity index (χ0v) is 14.6. The van der Waals surface area contributed by atoms with Gasteiger partial charge in [0, 0.05) is 19.5 Å². The van der Waals surface area contributed by atoms with E-state index in [1.54, 1.807) is 19.2 Å². The lowest BCUT2D eigenvalue weighted by Gasteiger charge is -2.08. The van der Waals surface area contributed by atoms with Crippen LogP contribution in [0.1, 0.15) is 17.5 Å². The van der Waals surface area contributed by atoms with Crippen LogP contribution >= 0.6 is 0 Å². The summed E-state index contributed by atoms with van der Waals surface area (Å²) in [5.74, 6) is 0.668. The number of benzene rings is 2. The van der Waals surface area contributed by atoms with Crippen LogP contribution in [0, 0.1) is 5.82 Å². The lowest BCUT2D eigenvalue weighted by molar-refractivity contribution is -0.120. The summed E-state index contributed by atoms with van der Waals surface area (Å²) in [6.07, 6.45) is 1.82. The van der Waals surface area contributed by atoms with E-state index in [2.05, 4.69) is 10.6 Å². The first-order valence-electron chi connectivity index (χ1n) is 8.53. The third-order valence-electron chi connectivity index (χ3n) is 3.95. The molecule has 4 nitrogen and oxygen atoms in total. The number of nitrogens with one attached hydrogen (secondary N) is 2. The topological polar surface area (TPSA) is 50.4 Å². The first-order valence-corrected chi connectivity index (χ1v) is 8.53. The second-order valence-electron chi connectivity index (χ2n) is 5.79. The smallest absolute Gasteiger partial charge is 0.221 e. The number of hydrogen-bond acceptors (Lipinski definition) is 3. The Kier molecular flexibility index (Phi) is 7.92. The van der Waals surface area contributed by atoms with E-state index in [0.717, 1.165) is 17.7 Å². The molecular formula is C20H25FN2O2. The summed E-state index contributed by atoms with van der Waals surface area (Å²) in [7, 11) is 1.64. The zero-order chi connectivity index (χ0) is 17.9. The highest BCUT2D eigenvalue weighted by Gasteiger charge is 2.02. The first kappa shape index (κ1) is 18.9. The van der Waals surface area contributed by atoms with E-state index < -0.39 is 0 Å². The van der Waals surface area contributed by atoms with Crippen molar-refractivity contribution in [3.05, 3.63) is 65.5 Å². The average molecular weight is 344 g/mol. The molecule has 0 bridgehead atoms. The normalized spacial score (nSPS) is 10.5. The Hall–Kier alpha value is -2.40. The fourth-order valence-corrected chi connectivity index (χ4v) is 2.48. The molecule has 0 spiro atoms. The van der Waals surface area contributed by atoms with Crippen LogP contribution < -0.4 is 15.4 Å². The molecule has 5 heteroatoms. The fourth-order valence-electron chi connectivity index (χ4n) is 2.48. The Balaban J connectivity index is 1.54. The maximum absolute atomic E-state index is 13.4. The highest BCUT2D eigenvalue weighted by atomic mass is 19.1. The lowest BCUT2D eigenvalue weighted by Crippen LogP contribution is -2.29. The molecule has 2 N–H and O–H groups in total. The molecule has 2 aromatic rings. The Bertz CT molecular complexity index is 659. The summed E-state index contributed by atoms with van der Waals surface area (Å²) < 4.78 is 18.6. The van der Waals surface area contributed by atoms with Gasteiger partial charge in [0.2, 0.25) is 5.91 Å². The van der Waals surface area contributed by atoms with Crippen molar-refractivity contribution in [2.45, 2.75) is 19.3 Å². The molecule has 2 aromatic carbocycles. The monoisotopic (exact) mass is 344 g/mol. The Morgan fingerprint density at radius 1 is 1.00 bits per heavy atom. The molecule has 0 saturated carbocycles. The molecule has 0 fully saturated rings. The summed E-state index contributed by atoms with van der Waals surface area (Å²) in [5.41, 5.74) is 1.85. The third-order valence-corrected chi connectivity index (χ3v) is 3.95. The molecule has 0 atom stereocenters. The van der Waals surface area contributed by atoms with Crippen LogP contribution in [-0.2, 0) is 17.6 Å². The first-order chi connectivity index (χ1) is 12.2. The second-order valence-corrected chi connectivity index (χ2v) is 5.79. The Morgan fingerprint density at radius 2 is 1.76 bits per heavy atom. The molecule has 0 saturated heterocycles. The van der Waals surface area contributed by atoms with Crippen molar-refractivity contribution < 1.29 is 13.9 Å². The lowest BCUT2D eigenvalue weighted by atomic mass is 10.1. The van der Waals surface area contributed by atoms with Gasteiger partial charge in [-0.1, -0.05) is 30.3 Å². The van der Waals surface area contributed by atoms with Crippen LogP contribution in [0.3, 0.4) is 0 Å². The molecule has 134 valence electrons. The zero-order valence-electron chi connectivity index (χ0n) is 14.6. The average Bonchev–Trinajstić information content (AvgIpc) is 2.63. The molecule has 1 amide bonds. The highest BCUT2D eigenvalue weighted by Crippen LogP contribution is 2.11. The predicted octanol–water partition coefficient (Wildman–Crippen LogP) is 2.72. The van der Waals surface area contributed by atoms with Crippen LogP contribution in [0.15, 0.2) is 48.5 Å². The van der Waals surface area contributed by atoms with Crippen molar-refractivity contribution >= 4 is 5.91 Å². The number of carbonyl (C=O) groups excluding carboxylic acids is 1. The van der Waals surface area contributed by atoms with Crippen LogP contribution in [0.5, 0.6) is 5.75 Å². The quantitative estimate of drug-likeness (QED) is 0.652. The number of carbonyl (C=O) groups is 1. The maximum Gasteiger partial charge on any atom is 0.221 e. The summed E-state index contributed by atoms with van der Waals surface area (Å²) in [6, 6.07) is 14.6. The van der Waals surface area contributed by atoms with Crippen molar-refractivity contribution in [1.82, 2.24) is 10.6 Å². The van der Waals surface area contributed by atoms with Crippen LogP contribution in [0.2, 0.25) is 0 Å². The Morgan fingerprint density at radius 3 is 2.48 bits per heavy atom.